The minimum Gasteiger partial charge on any atom is -0.478 e. The fourth-order valence-electron chi connectivity index (χ4n) is 2.12. The van der Waals surface area contributed by atoms with E-state index in [2.05, 4.69) is 25.7 Å². The molecule has 1 aromatic carbocycles. The summed E-state index contributed by atoms with van der Waals surface area (Å²) in [6, 6.07) is 7.72. The van der Waals surface area contributed by atoms with Gasteiger partial charge in [0.1, 0.15) is 0 Å². The van der Waals surface area contributed by atoms with Crippen molar-refractivity contribution in [3.63, 3.8) is 0 Å². The summed E-state index contributed by atoms with van der Waals surface area (Å²) in [5.41, 5.74) is 1.44. The Hall–Kier alpha value is -1.35. The van der Waals surface area contributed by atoms with E-state index in [-0.39, 0.29) is 0 Å². The molecular formula is C16H25NO2. The first-order valence-corrected chi connectivity index (χ1v) is 7.11. The van der Waals surface area contributed by atoms with Gasteiger partial charge in [-0.1, -0.05) is 31.9 Å². The third-order valence-corrected chi connectivity index (χ3v) is 3.34. The summed E-state index contributed by atoms with van der Waals surface area (Å²) in [6.45, 7) is 8.47. The van der Waals surface area contributed by atoms with Crippen molar-refractivity contribution in [2.75, 3.05) is 6.54 Å². The minimum atomic E-state index is -0.857. The van der Waals surface area contributed by atoms with Crippen molar-refractivity contribution in [2.24, 2.45) is 0 Å². The van der Waals surface area contributed by atoms with Gasteiger partial charge in [-0.3, -0.25) is 4.90 Å². The van der Waals surface area contributed by atoms with Crippen LogP contribution in [0.2, 0.25) is 0 Å². The SMILES string of the molecule is CCCCCN(Cc1cccc(C(=O)O)c1)C(C)C. The predicted octanol–water partition coefficient (Wildman–Crippen LogP) is 3.79. The Balaban J connectivity index is 2.67. The molecule has 0 atom stereocenters. The second kappa shape index (κ2) is 7.95. The first-order valence-electron chi connectivity index (χ1n) is 7.11. The van der Waals surface area contributed by atoms with E-state index in [1.165, 1.54) is 19.3 Å². The highest BCUT2D eigenvalue weighted by Gasteiger charge is 2.11. The maximum absolute atomic E-state index is 11.0. The fourth-order valence-corrected chi connectivity index (χ4v) is 2.12. The highest BCUT2D eigenvalue weighted by Crippen LogP contribution is 2.12. The summed E-state index contributed by atoms with van der Waals surface area (Å²) in [7, 11) is 0. The maximum atomic E-state index is 11.0. The van der Waals surface area contributed by atoms with E-state index in [1.54, 1.807) is 12.1 Å². The lowest BCUT2D eigenvalue weighted by Crippen LogP contribution is -2.31. The third-order valence-electron chi connectivity index (χ3n) is 3.34. The summed E-state index contributed by atoms with van der Waals surface area (Å²) in [4.78, 5) is 13.4. The molecule has 0 aromatic heterocycles. The van der Waals surface area contributed by atoms with Gasteiger partial charge in [0, 0.05) is 12.6 Å². The van der Waals surface area contributed by atoms with Crippen molar-refractivity contribution in [3.05, 3.63) is 35.4 Å². The first-order chi connectivity index (χ1) is 9.04. The highest BCUT2D eigenvalue weighted by atomic mass is 16.4. The molecule has 0 radical (unpaired) electrons. The van der Waals surface area contributed by atoms with Crippen molar-refractivity contribution in [3.8, 4) is 0 Å². The molecule has 3 heteroatoms. The van der Waals surface area contributed by atoms with E-state index in [9.17, 15) is 4.79 Å². The molecule has 0 fully saturated rings. The highest BCUT2D eigenvalue weighted by molar-refractivity contribution is 5.87. The Bertz CT molecular complexity index is 401. The molecule has 19 heavy (non-hydrogen) atoms. The van der Waals surface area contributed by atoms with Crippen LogP contribution in [0, 0.1) is 0 Å². The smallest absolute Gasteiger partial charge is 0.335 e. The Kier molecular flexibility index (Phi) is 6.57. The van der Waals surface area contributed by atoms with Gasteiger partial charge in [-0.15, -0.1) is 0 Å². The first kappa shape index (κ1) is 15.7. The fraction of sp³-hybridized carbons (Fsp3) is 0.562. The normalized spacial score (nSPS) is 11.2. The van der Waals surface area contributed by atoms with Gasteiger partial charge in [0.25, 0.3) is 0 Å². The van der Waals surface area contributed by atoms with Crippen LogP contribution in [0.4, 0.5) is 0 Å². The van der Waals surface area contributed by atoms with Gasteiger partial charge in [-0.2, -0.15) is 0 Å². The van der Waals surface area contributed by atoms with Crippen molar-refractivity contribution in [1.29, 1.82) is 0 Å². The van der Waals surface area contributed by atoms with E-state index in [1.807, 2.05) is 12.1 Å². The van der Waals surface area contributed by atoms with Crippen molar-refractivity contribution < 1.29 is 9.90 Å². The van der Waals surface area contributed by atoms with Gasteiger partial charge in [0.05, 0.1) is 5.56 Å². The molecule has 0 spiro atoms. The number of rotatable bonds is 8. The Labute approximate surface area is 116 Å². The standard InChI is InChI=1S/C16H25NO2/c1-4-5-6-10-17(13(2)3)12-14-8-7-9-15(11-14)16(18)19/h7-9,11,13H,4-6,10,12H2,1-3H3,(H,18,19). The topological polar surface area (TPSA) is 40.5 Å². The zero-order valence-corrected chi connectivity index (χ0v) is 12.2. The molecular weight excluding hydrogens is 238 g/mol. The molecule has 0 saturated heterocycles. The lowest BCUT2D eigenvalue weighted by molar-refractivity contribution is 0.0696. The molecule has 0 aliphatic rings. The molecule has 1 N–H and O–H groups in total. The third kappa shape index (κ3) is 5.43. The van der Waals surface area contributed by atoms with E-state index in [4.69, 9.17) is 5.11 Å². The minimum absolute atomic E-state index is 0.370. The van der Waals surface area contributed by atoms with Crippen LogP contribution in [0.15, 0.2) is 24.3 Å². The van der Waals surface area contributed by atoms with E-state index in [0.717, 1.165) is 18.7 Å². The van der Waals surface area contributed by atoms with E-state index < -0.39 is 5.97 Å². The monoisotopic (exact) mass is 263 g/mol. The number of hydrogen-bond donors (Lipinski definition) is 1. The van der Waals surface area contributed by atoms with Crippen LogP contribution in [-0.4, -0.2) is 28.6 Å². The number of aromatic carboxylic acids is 1. The molecule has 0 aliphatic carbocycles. The molecule has 0 unspecified atom stereocenters. The van der Waals surface area contributed by atoms with Crippen LogP contribution in [0.5, 0.6) is 0 Å². The second-order valence-electron chi connectivity index (χ2n) is 5.28. The lowest BCUT2D eigenvalue weighted by atomic mass is 10.1. The molecule has 1 aromatic rings. The van der Waals surface area contributed by atoms with E-state index in [0.29, 0.717) is 11.6 Å². The number of benzene rings is 1. The zero-order valence-electron chi connectivity index (χ0n) is 12.2. The van der Waals surface area contributed by atoms with Crippen molar-refractivity contribution in [1.82, 2.24) is 4.90 Å². The van der Waals surface area contributed by atoms with Crippen LogP contribution < -0.4 is 0 Å². The number of hydrogen-bond acceptors (Lipinski definition) is 2. The van der Waals surface area contributed by atoms with Gasteiger partial charge in [-0.25, -0.2) is 4.79 Å². The van der Waals surface area contributed by atoms with Crippen LogP contribution in [0.3, 0.4) is 0 Å². The number of unbranched alkanes of at least 4 members (excludes halogenated alkanes) is 2. The average molecular weight is 263 g/mol. The molecule has 0 saturated carbocycles. The molecule has 1 rings (SSSR count). The number of carboxylic acids is 1. The molecule has 0 amide bonds. The van der Waals surface area contributed by atoms with Gasteiger partial charge in [-0.05, 0) is 44.5 Å². The molecule has 0 aliphatic heterocycles. The Morgan fingerprint density at radius 1 is 1.32 bits per heavy atom. The zero-order chi connectivity index (χ0) is 14.3. The maximum Gasteiger partial charge on any atom is 0.335 e. The summed E-state index contributed by atoms with van der Waals surface area (Å²) >= 11 is 0. The molecule has 0 heterocycles. The van der Waals surface area contributed by atoms with E-state index >= 15 is 0 Å². The number of carboxylic acid groups (broad SMARTS) is 1. The summed E-state index contributed by atoms with van der Waals surface area (Å²) in [5.74, 6) is -0.857. The number of carbonyl (C=O) groups is 1. The Morgan fingerprint density at radius 2 is 2.05 bits per heavy atom. The predicted molar refractivity (Wildman–Crippen MR) is 78.5 cm³/mol. The van der Waals surface area contributed by atoms with Crippen LogP contribution in [0.25, 0.3) is 0 Å². The van der Waals surface area contributed by atoms with Crippen molar-refractivity contribution >= 4 is 5.97 Å². The number of nitrogens with zero attached hydrogens (tertiary/aromatic N) is 1. The van der Waals surface area contributed by atoms with Crippen molar-refractivity contribution in [2.45, 2.75) is 52.6 Å². The Morgan fingerprint density at radius 3 is 2.63 bits per heavy atom. The van der Waals surface area contributed by atoms with Crippen LogP contribution >= 0.6 is 0 Å². The molecule has 106 valence electrons. The lowest BCUT2D eigenvalue weighted by Gasteiger charge is -2.26. The second-order valence-corrected chi connectivity index (χ2v) is 5.28. The summed E-state index contributed by atoms with van der Waals surface area (Å²) < 4.78 is 0. The molecule has 0 bridgehead atoms. The van der Waals surface area contributed by atoms with Gasteiger partial charge < -0.3 is 5.11 Å². The summed E-state index contributed by atoms with van der Waals surface area (Å²) in [5, 5.41) is 9.01. The van der Waals surface area contributed by atoms with Crippen LogP contribution in [0.1, 0.15) is 56.0 Å². The largest absolute Gasteiger partial charge is 0.478 e. The van der Waals surface area contributed by atoms with Gasteiger partial charge in [0.2, 0.25) is 0 Å². The van der Waals surface area contributed by atoms with Gasteiger partial charge in [0.15, 0.2) is 0 Å². The summed E-state index contributed by atoms with van der Waals surface area (Å²) in [6.07, 6.45) is 3.67. The average Bonchev–Trinajstić information content (AvgIpc) is 2.38. The van der Waals surface area contributed by atoms with Crippen LogP contribution in [-0.2, 0) is 6.54 Å². The quantitative estimate of drug-likeness (QED) is 0.725. The van der Waals surface area contributed by atoms with Gasteiger partial charge >= 0.3 is 5.97 Å². The molecule has 3 nitrogen and oxygen atoms in total.